The van der Waals surface area contributed by atoms with Crippen LogP contribution in [0.25, 0.3) is 0 Å². The fraction of sp³-hybridized carbons (Fsp3) is 0.200. The number of allylic oxidation sites excluding steroid dienone is 2. The zero-order valence-electron chi connectivity index (χ0n) is 12.3. The van der Waals surface area contributed by atoms with Crippen LogP contribution in [0.2, 0.25) is 0 Å². The summed E-state index contributed by atoms with van der Waals surface area (Å²) in [7, 11) is 0. The molecule has 0 bridgehead atoms. The van der Waals surface area contributed by atoms with Gasteiger partial charge in [-0.3, -0.25) is 0 Å². The smallest absolute Gasteiger partial charge is 0.224 e. The summed E-state index contributed by atoms with van der Waals surface area (Å²) in [5.41, 5.74) is 2.68. The first kappa shape index (κ1) is 13.5. The fourth-order valence-corrected chi connectivity index (χ4v) is 3.26. The molecule has 1 heterocycles. The van der Waals surface area contributed by atoms with Crippen LogP contribution in [-0.2, 0) is 17.6 Å². The van der Waals surface area contributed by atoms with Gasteiger partial charge in [0.05, 0.1) is 0 Å². The molecule has 0 amide bonds. The van der Waals surface area contributed by atoms with Crippen molar-refractivity contribution in [3.05, 3.63) is 95.6 Å². The average Bonchev–Trinajstić information content (AvgIpc) is 3.16. The maximum atomic E-state index is 10.9. The van der Waals surface area contributed by atoms with Crippen LogP contribution in [0.5, 0.6) is 0 Å². The molecule has 2 nitrogen and oxygen atoms in total. The molecule has 1 N–H and O–H groups in total. The number of hydrogen-bond donors (Lipinski definition) is 1. The molecule has 0 aromatic heterocycles. The number of rotatable bonds is 4. The van der Waals surface area contributed by atoms with Crippen LogP contribution in [0, 0.1) is 0 Å². The maximum absolute atomic E-state index is 10.9. The molecule has 2 unspecified atom stereocenters. The summed E-state index contributed by atoms with van der Waals surface area (Å²) in [6.45, 7) is 0. The Balaban J connectivity index is 1.57. The van der Waals surface area contributed by atoms with Gasteiger partial charge in [0.1, 0.15) is 0 Å². The standard InChI is InChI=1S/C20H18O2/c21-20-18(14-16-8-3-1-4-9-16)12-7-13-19(20,22-20)15-17-10-5-2-6-11-17/h1-13,21H,14-15H2. The third-order valence-electron chi connectivity index (χ3n) is 4.51. The average molecular weight is 290 g/mol. The van der Waals surface area contributed by atoms with Crippen LogP contribution >= 0.6 is 0 Å². The molecule has 22 heavy (non-hydrogen) atoms. The van der Waals surface area contributed by atoms with Crippen molar-refractivity contribution in [3.63, 3.8) is 0 Å². The Labute approximate surface area is 130 Å². The maximum Gasteiger partial charge on any atom is 0.224 e. The molecule has 1 aliphatic carbocycles. The minimum atomic E-state index is -1.16. The van der Waals surface area contributed by atoms with Crippen molar-refractivity contribution in [1.82, 2.24) is 0 Å². The second-order valence-electron chi connectivity index (χ2n) is 6.01. The molecule has 2 aromatic carbocycles. The highest BCUT2D eigenvalue weighted by atomic mass is 16.7. The molecule has 0 radical (unpaired) electrons. The van der Waals surface area contributed by atoms with E-state index in [1.54, 1.807) is 0 Å². The summed E-state index contributed by atoms with van der Waals surface area (Å²) in [4.78, 5) is 0. The van der Waals surface area contributed by atoms with E-state index in [9.17, 15) is 5.11 Å². The second kappa shape index (κ2) is 4.94. The number of ether oxygens (including phenoxy) is 1. The van der Waals surface area contributed by atoms with Crippen LogP contribution in [-0.4, -0.2) is 16.5 Å². The van der Waals surface area contributed by atoms with Crippen LogP contribution in [0.15, 0.2) is 84.5 Å². The van der Waals surface area contributed by atoms with Gasteiger partial charge >= 0.3 is 0 Å². The summed E-state index contributed by atoms with van der Waals surface area (Å²) < 4.78 is 5.84. The number of aliphatic hydroxyl groups is 1. The van der Waals surface area contributed by atoms with Gasteiger partial charge in [-0.25, -0.2) is 0 Å². The minimum absolute atomic E-state index is 0.604. The lowest BCUT2D eigenvalue weighted by molar-refractivity contribution is 0.0689. The van der Waals surface area contributed by atoms with E-state index >= 15 is 0 Å². The minimum Gasteiger partial charge on any atom is -0.360 e. The zero-order chi connectivity index (χ0) is 15.0. The fourth-order valence-electron chi connectivity index (χ4n) is 3.26. The zero-order valence-corrected chi connectivity index (χ0v) is 12.3. The number of epoxide rings is 1. The SMILES string of the molecule is OC12OC1(Cc1ccccc1)C=CC=C2Cc1ccccc1. The first-order valence-electron chi connectivity index (χ1n) is 7.61. The molecular formula is C20H18O2. The van der Waals surface area contributed by atoms with E-state index in [0.29, 0.717) is 12.8 Å². The molecule has 4 rings (SSSR count). The van der Waals surface area contributed by atoms with Crippen molar-refractivity contribution >= 4 is 0 Å². The highest BCUT2D eigenvalue weighted by Gasteiger charge is 2.70. The van der Waals surface area contributed by atoms with Gasteiger partial charge in [0.25, 0.3) is 0 Å². The Morgan fingerprint density at radius 2 is 1.50 bits per heavy atom. The number of hydrogen-bond acceptors (Lipinski definition) is 2. The van der Waals surface area contributed by atoms with E-state index in [1.807, 2.05) is 54.6 Å². The Kier molecular flexibility index (Phi) is 3.03. The quantitative estimate of drug-likeness (QED) is 0.875. The molecular weight excluding hydrogens is 272 g/mol. The second-order valence-corrected chi connectivity index (χ2v) is 6.01. The van der Waals surface area contributed by atoms with Gasteiger partial charge < -0.3 is 9.84 Å². The van der Waals surface area contributed by atoms with Crippen LogP contribution in [0.1, 0.15) is 11.1 Å². The first-order valence-corrected chi connectivity index (χ1v) is 7.61. The van der Waals surface area contributed by atoms with Crippen LogP contribution in [0.4, 0.5) is 0 Å². The van der Waals surface area contributed by atoms with Gasteiger partial charge in [0, 0.05) is 6.42 Å². The van der Waals surface area contributed by atoms with Crippen molar-refractivity contribution in [2.24, 2.45) is 0 Å². The normalized spacial score (nSPS) is 28.9. The third-order valence-corrected chi connectivity index (χ3v) is 4.51. The largest absolute Gasteiger partial charge is 0.360 e. The Bertz CT molecular complexity index is 733. The topological polar surface area (TPSA) is 32.8 Å². The lowest BCUT2D eigenvalue weighted by atomic mass is 9.84. The lowest BCUT2D eigenvalue weighted by Crippen LogP contribution is -2.31. The Hall–Kier alpha value is -2.16. The highest BCUT2D eigenvalue weighted by molar-refractivity contribution is 5.45. The van der Waals surface area contributed by atoms with Crippen LogP contribution < -0.4 is 0 Å². The van der Waals surface area contributed by atoms with E-state index in [2.05, 4.69) is 24.3 Å². The lowest BCUT2D eigenvalue weighted by Gasteiger charge is -2.19. The molecule has 0 spiro atoms. The molecule has 0 saturated carbocycles. The Morgan fingerprint density at radius 1 is 0.864 bits per heavy atom. The van der Waals surface area contributed by atoms with Crippen molar-refractivity contribution in [2.45, 2.75) is 24.2 Å². The van der Waals surface area contributed by atoms with Gasteiger partial charge in [-0.15, -0.1) is 0 Å². The van der Waals surface area contributed by atoms with E-state index in [1.165, 1.54) is 11.1 Å². The van der Waals surface area contributed by atoms with Gasteiger partial charge in [-0.1, -0.05) is 72.8 Å². The predicted molar refractivity (Wildman–Crippen MR) is 86.3 cm³/mol. The van der Waals surface area contributed by atoms with Gasteiger partial charge in [0.15, 0.2) is 5.60 Å². The summed E-state index contributed by atoms with van der Waals surface area (Å²) in [6.07, 6.45) is 7.35. The monoisotopic (exact) mass is 290 g/mol. The third kappa shape index (κ3) is 2.12. The van der Waals surface area contributed by atoms with Crippen molar-refractivity contribution in [1.29, 1.82) is 0 Å². The van der Waals surface area contributed by atoms with E-state index < -0.39 is 11.4 Å². The van der Waals surface area contributed by atoms with Crippen molar-refractivity contribution in [3.8, 4) is 0 Å². The predicted octanol–water partition coefficient (Wildman–Crippen LogP) is 3.43. The van der Waals surface area contributed by atoms with Crippen molar-refractivity contribution in [2.75, 3.05) is 0 Å². The van der Waals surface area contributed by atoms with Gasteiger partial charge in [-0.2, -0.15) is 0 Å². The van der Waals surface area contributed by atoms with Gasteiger partial charge in [0.2, 0.25) is 5.79 Å². The molecule has 1 aliphatic heterocycles. The number of benzene rings is 2. The van der Waals surface area contributed by atoms with Crippen molar-refractivity contribution < 1.29 is 9.84 Å². The first-order chi connectivity index (χ1) is 10.7. The summed E-state index contributed by atoms with van der Waals surface area (Å²) in [5, 5.41) is 10.9. The van der Waals surface area contributed by atoms with E-state index in [4.69, 9.17) is 4.74 Å². The van der Waals surface area contributed by atoms with E-state index in [0.717, 1.165) is 5.57 Å². The Morgan fingerprint density at radius 3 is 2.18 bits per heavy atom. The molecule has 2 aromatic rings. The molecule has 1 saturated heterocycles. The summed E-state index contributed by atoms with van der Waals surface area (Å²) in [6, 6.07) is 20.3. The molecule has 2 atom stereocenters. The van der Waals surface area contributed by atoms with E-state index in [-0.39, 0.29) is 0 Å². The highest BCUT2D eigenvalue weighted by Crippen LogP contribution is 2.56. The number of fused-ring (bicyclic) bond motifs is 1. The molecule has 110 valence electrons. The molecule has 1 fully saturated rings. The summed E-state index contributed by atoms with van der Waals surface area (Å²) >= 11 is 0. The molecule has 2 heteroatoms. The van der Waals surface area contributed by atoms with Gasteiger partial charge in [-0.05, 0) is 29.2 Å². The summed E-state index contributed by atoms with van der Waals surface area (Å²) in [5.74, 6) is -1.16. The van der Waals surface area contributed by atoms with Crippen LogP contribution in [0.3, 0.4) is 0 Å². The molecule has 2 aliphatic rings.